The van der Waals surface area contributed by atoms with Gasteiger partial charge in [-0.1, -0.05) is 0 Å². The molecule has 1 aromatic carbocycles. The second kappa shape index (κ2) is 4.79. The number of methoxy groups -OCH3 is 1. The quantitative estimate of drug-likeness (QED) is 0.773. The lowest BCUT2D eigenvalue weighted by Crippen LogP contribution is -2.13. The fourth-order valence-electron chi connectivity index (χ4n) is 1.19. The number of rotatable bonds is 4. The summed E-state index contributed by atoms with van der Waals surface area (Å²) in [7, 11) is 1.54. The second-order valence-corrected chi connectivity index (χ2v) is 3.20. The van der Waals surface area contributed by atoms with Crippen LogP contribution in [0.2, 0.25) is 0 Å². The van der Waals surface area contributed by atoms with Crippen molar-refractivity contribution in [3.63, 3.8) is 0 Å². The van der Waals surface area contributed by atoms with Gasteiger partial charge in [0.15, 0.2) is 6.29 Å². The molecule has 1 N–H and O–H groups in total. The Morgan fingerprint density at radius 1 is 1.47 bits per heavy atom. The third kappa shape index (κ3) is 2.95. The van der Waals surface area contributed by atoms with Gasteiger partial charge in [-0.15, -0.1) is 0 Å². The highest BCUT2D eigenvalue weighted by Crippen LogP contribution is 2.18. The molecule has 0 aliphatic carbocycles. The van der Waals surface area contributed by atoms with Crippen LogP contribution < -0.4 is 4.74 Å². The molecular weight excluding hydrogens is 196 g/mol. The summed E-state index contributed by atoms with van der Waals surface area (Å²) in [5.41, 5.74) is 0.954. The molecule has 0 bridgehead atoms. The first kappa shape index (κ1) is 11.5. The van der Waals surface area contributed by atoms with Crippen molar-refractivity contribution in [2.45, 2.75) is 20.1 Å². The summed E-state index contributed by atoms with van der Waals surface area (Å²) in [6.07, 6.45) is -0.347. The predicted octanol–water partition coefficient (Wildman–Crippen LogP) is 2.06. The van der Waals surface area contributed by atoms with Gasteiger partial charge in [-0.3, -0.25) is 0 Å². The van der Waals surface area contributed by atoms with E-state index in [4.69, 9.17) is 14.6 Å². The van der Waals surface area contributed by atoms with Crippen molar-refractivity contribution in [3.05, 3.63) is 29.3 Å². The molecule has 0 heterocycles. The summed E-state index contributed by atoms with van der Waals surface area (Å²) in [5.74, 6) is -0.328. The Bertz CT molecular complexity index is 360. The SMILES string of the molecule is COC(C)Oc1ccc(C(=O)O)c(C)c1. The lowest BCUT2D eigenvalue weighted by atomic mass is 10.1. The van der Waals surface area contributed by atoms with Crippen molar-refractivity contribution < 1.29 is 19.4 Å². The van der Waals surface area contributed by atoms with E-state index in [1.807, 2.05) is 0 Å². The van der Waals surface area contributed by atoms with Crippen molar-refractivity contribution in [1.82, 2.24) is 0 Å². The summed E-state index contributed by atoms with van der Waals surface area (Å²) in [6, 6.07) is 4.82. The van der Waals surface area contributed by atoms with Gasteiger partial charge in [-0.05, 0) is 37.6 Å². The van der Waals surface area contributed by atoms with Gasteiger partial charge >= 0.3 is 5.97 Å². The van der Waals surface area contributed by atoms with Crippen LogP contribution in [0.5, 0.6) is 5.75 Å². The van der Waals surface area contributed by atoms with E-state index >= 15 is 0 Å². The lowest BCUT2D eigenvalue weighted by Gasteiger charge is -2.13. The van der Waals surface area contributed by atoms with E-state index < -0.39 is 5.97 Å². The van der Waals surface area contributed by atoms with E-state index in [9.17, 15) is 4.79 Å². The Balaban J connectivity index is 2.87. The Labute approximate surface area is 88.4 Å². The molecule has 0 radical (unpaired) electrons. The summed E-state index contributed by atoms with van der Waals surface area (Å²) in [5, 5.41) is 8.82. The minimum atomic E-state index is -0.932. The maximum atomic E-state index is 10.7. The van der Waals surface area contributed by atoms with Crippen LogP contribution in [0.15, 0.2) is 18.2 Å². The third-order valence-corrected chi connectivity index (χ3v) is 2.06. The molecule has 1 unspecified atom stereocenters. The number of ether oxygens (including phenoxy) is 2. The fourth-order valence-corrected chi connectivity index (χ4v) is 1.19. The van der Waals surface area contributed by atoms with Crippen molar-refractivity contribution in [2.75, 3.05) is 7.11 Å². The number of benzene rings is 1. The number of carbonyl (C=O) groups is 1. The van der Waals surface area contributed by atoms with Gasteiger partial charge in [-0.2, -0.15) is 0 Å². The monoisotopic (exact) mass is 210 g/mol. The minimum Gasteiger partial charge on any atom is -0.478 e. The Morgan fingerprint density at radius 2 is 2.13 bits per heavy atom. The second-order valence-electron chi connectivity index (χ2n) is 3.20. The lowest BCUT2D eigenvalue weighted by molar-refractivity contribution is -0.0383. The van der Waals surface area contributed by atoms with Gasteiger partial charge in [0, 0.05) is 7.11 Å². The molecule has 15 heavy (non-hydrogen) atoms. The zero-order valence-corrected chi connectivity index (χ0v) is 8.98. The van der Waals surface area contributed by atoms with Gasteiger partial charge in [0.2, 0.25) is 0 Å². The predicted molar refractivity (Wildman–Crippen MR) is 55.2 cm³/mol. The first-order valence-electron chi connectivity index (χ1n) is 4.58. The van der Waals surface area contributed by atoms with E-state index in [1.54, 1.807) is 33.1 Å². The third-order valence-electron chi connectivity index (χ3n) is 2.06. The van der Waals surface area contributed by atoms with Crippen LogP contribution in [0.25, 0.3) is 0 Å². The summed E-state index contributed by atoms with van der Waals surface area (Å²) < 4.78 is 10.3. The molecule has 0 saturated carbocycles. The first-order chi connectivity index (χ1) is 7.04. The Morgan fingerprint density at radius 3 is 2.60 bits per heavy atom. The maximum absolute atomic E-state index is 10.7. The number of hydrogen-bond acceptors (Lipinski definition) is 3. The molecule has 1 aromatic rings. The Kier molecular flexibility index (Phi) is 3.68. The summed E-state index contributed by atoms with van der Waals surface area (Å²) in [6.45, 7) is 3.49. The van der Waals surface area contributed by atoms with Crippen molar-refractivity contribution in [3.8, 4) is 5.75 Å². The Hall–Kier alpha value is -1.55. The number of hydrogen-bond donors (Lipinski definition) is 1. The molecule has 4 heteroatoms. The van der Waals surface area contributed by atoms with Crippen LogP contribution in [0.4, 0.5) is 0 Å². The molecule has 1 atom stereocenters. The number of carboxylic acid groups (broad SMARTS) is 1. The van der Waals surface area contributed by atoms with Gasteiger partial charge < -0.3 is 14.6 Å². The highest BCUT2D eigenvalue weighted by Gasteiger charge is 2.08. The zero-order chi connectivity index (χ0) is 11.4. The highest BCUT2D eigenvalue weighted by atomic mass is 16.7. The molecule has 0 aliphatic rings. The largest absolute Gasteiger partial charge is 0.478 e. The van der Waals surface area contributed by atoms with Crippen molar-refractivity contribution >= 4 is 5.97 Å². The van der Waals surface area contributed by atoms with E-state index in [2.05, 4.69) is 0 Å². The van der Waals surface area contributed by atoms with Gasteiger partial charge in [-0.25, -0.2) is 4.79 Å². The fraction of sp³-hybridized carbons (Fsp3) is 0.364. The van der Waals surface area contributed by atoms with Crippen LogP contribution in [-0.2, 0) is 4.74 Å². The molecule has 0 fully saturated rings. The molecule has 1 rings (SSSR count). The van der Waals surface area contributed by atoms with Crippen molar-refractivity contribution in [1.29, 1.82) is 0 Å². The van der Waals surface area contributed by atoms with Crippen molar-refractivity contribution in [2.24, 2.45) is 0 Å². The molecule has 4 nitrogen and oxygen atoms in total. The van der Waals surface area contributed by atoms with Gasteiger partial charge in [0.05, 0.1) is 5.56 Å². The molecule has 0 saturated heterocycles. The smallest absolute Gasteiger partial charge is 0.335 e. The summed E-state index contributed by atoms with van der Waals surface area (Å²) in [4.78, 5) is 10.7. The average Bonchev–Trinajstić information content (AvgIpc) is 2.17. The van der Waals surface area contributed by atoms with E-state index in [-0.39, 0.29) is 11.9 Å². The van der Waals surface area contributed by atoms with Gasteiger partial charge in [0.25, 0.3) is 0 Å². The highest BCUT2D eigenvalue weighted by molar-refractivity contribution is 5.89. The molecule has 0 aromatic heterocycles. The van der Waals surface area contributed by atoms with Crippen LogP contribution in [-0.4, -0.2) is 24.5 Å². The average molecular weight is 210 g/mol. The van der Waals surface area contributed by atoms with Gasteiger partial charge in [0.1, 0.15) is 5.75 Å². The normalized spacial score (nSPS) is 12.2. The van der Waals surface area contributed by atoms with Crippen LogP contribution in [0.3, 0.4) is 0 Å². The maximum Gasteiger partial charge on any atom is 0.335 e. The number of carboxylic acids is 1. The minimum absolute atomic E-state index is 0.285. The van der Waals surface area contributed by atoms with Crippen LogP contribution >= 0.6 is 0 Å². The molecule has 0 amide bonds. The van der Waals surface area contributed by atoms with Crippen LogP contribution in [0, 0.1) is 6.92 Å². The first-order valence-corrected chi connectivity index (χ1v) is 4.58. The standard InChI is InChI=1S/C11H14O4/c1-7-6-9(15-8(2)14-3)4-5-10(7)11(12)13/h4-6,8H,1-3H3,(H,12,13). The number of aryl methyl sites for hydroxylation is 1. The molecular formula is C11H14O4. The zero-order valence-electron chi connectivity index (χ0n) is 8.98. The molecule has 0 spiro atoms. The van der Waals surface area contributed by atoms with E-state index in [0.717, 1.165) is 0 Å². The van der Waals surface area contributed by atoms with E-state index in [0.29, 0.717) is 11.3 Å². The topological polar surface area (TPSA) is 55.8 Å². The van der Waals surface area contributed by atoms with E-state index in [1.165, 1.54) is 6.07 Å². The molecule has 82 valence electrons. The molecule has 0 aliphatic heterocycles. The summed E-state index contributed by atoms with van der Waals surface area (Å²) >= 11 is 0. The van der Waals surface area contributed by atoms with Crippen LogP contribution in [0.1, 0.15) is 22.8 Å². The number of aromatic carboxylic acids is 1.